The maximum Gasteiger partial charge on any atom is 0.407 e. The number of carbonyl (C=O) groups is 1. The van der Waals surface area contributed by atoms with Crippen molar-refractivity contribution in [2.45, 2.75) is 85.4 Å². The predicted octanol–water partition coefficient (Wildman–Crippen LogP) is 3.70. The number of nitrogens with one attached hydrogen (secondary N) is 2. The van der Waals surface area contributed by atoms with E-state index < -0.39 is 5.60 Å². The highest BCUT2D eigenvalue weighted by molar-refractivity contribution is 5.68. The van der Waals surface area contributed by atoms with E-state index in [1.165, 1.54) is 12.8 Å². The van der Waals surface area contributed by atoms with Gasteiger partial charge in [-0.3, -0.25) is 0 Å². The molecule has 0 aliphatic carbocycles. The SMILES string of the molecule is CCCC(CC)NCC(NC(=O)OC(C)(C)C)C(C)C. The summed E-state index contributed by atoms with van der Waals surface area (Å²) in [6.45, 7) is 15.0. The molecule has 0 rings (SSSR count). The molecule has 0 saturated carbocycles. The maximum atomic E-state index is 11.9. The van der Waals surface area contributed by atoms with E-state index in [0.717, 1.165) is 13.0 Å². The minimum absolute atomic E-state index is 0.0933. The summed E-state index contributed by atoms with van der Waals surface area (Å²) in [5.41, 5.74) is -0.451. The Balaban J connectivity index is 4.33. The minimum atomic E-state index is -0.451. The third kappa shape index (κ3) is 9.18. The predicted molar refractivity (Wildman–Crippen MR) is 85.0 cm³/mol. The van der Waals surface area contributed by atoms with Crippen molar-refractivity contribution < 1.29 is 9.53 Å². The van der Waals surface area contributed by atoms with Crippen molar-refractivity contribution in [1.82, 2.24) is 10.6 Å². The molecule has 0 spiro atoms. The van der Waals surface area contributed by atoms with Gasteiger partial charge in [0.15, 0.2) is 0 Å². The van der Waals surface area contributed by atoms with Crippen LogP contribution in [0.1, 0.15) is 67.7 Å². The molecule has 0 heterocycles. The van der Waals surface area contributed by atoms with E-state index in [2.05, 4.69) is 38.3 Å². The highest BCUT2D eigenvalue weighted by Crippen LogP contribution is 2.09. The molecule has 120 valence electrons. The fourth-order valence-electron chi connectivity index (χ4n) is 2.00. The number of hydrogen-bond donors (Lipinski definition) is 2. The van der Waals surface area contributed by atoms with Crippen LogP contribution in [-0.4, -0.2) is 30.3 Å². The molecule has 4 heteroatoms. The molecule has 0 fully saturated rings. The van der Waals surface area contributed by atoms with Gasteiger partial charge in [-0.25, -0.2) is 4.79 Å². The van der Waals surface area contributed by atoms with Gasteiger partial charge in [-0.05, 0) is 39.5 Å². The van der Waals surface area contributed by atoms with Crippen molar-refractivity contribution in [3.8, 4) is 0 Å². The summed E-state index contributed by atoms with van der Waals surface area (Å²) >= 11 is 0. The van der Waals surface area contributed by atoms with Crippen molar-refractivity contribution in [2.75, 3.05) is 6.54 Å². The quantitative estimate of drug-likeness (QED) is 0.715. The smallest absolute Gasteiger partial charge is 0.407 e. The number of carbonyl (C=O) groups excluding carboxylic acids is 1. The number of hydrogen-bond acceptors (Lipinski definition) is 3. The van der Waals surface area contributed by atoms with Gasteiger partial charge in [0.2, 0.25) is 0 Å². The van der Waals surface area contributed by atoms with Crippen molar-refractivity contribution in [3.63, 3.8) is 0 Å². The average molecular weight is 286 g/mol. The average Bonchev–Trinajstić information content (AvgIpc) is 2.29. The third-order valence-electron chi connectivity index (χ3n) is 3.26. The molecule has 0 aliphatic rings. The first-order chi connectivity index (χ1) is 9.19. The largest absolute Gasteiger partial charge is 0.444 e. The standard InChI is InChI=1S/C16H34N2O2/c1-8-10-13(9-2)17-11-14(12(3)4)18-15(19)20-16(5,6)7/h12-14,17H,8-11H2,1-7H3,(H,18,19). The van der Waals surface area contributed by atoms with E-state index in [9.17, 15) is 4.79 Å². The van der Waals surface area contributed by atoms with Gasteiger partial charge in [0.25, 0.3) is 0 Å². The molecule has 0 aromatic rings. The summed E-state index contributed by atoms with van der Waals surface area (Å²) in [5, 5.41) is 6.52. The Morgan fingerprint density at radius 3 is 2.20 bits per heavy atom. The van der Waals surface area contributed by atoms with Crippen molar-refractivity contribution >= 4 is 6.09 Å². The molecule has 0 aliphatic heterocycles. The molecular weight excluding hydrogens is 252 g/mol. The number of rotatable bonds is 8. The van der Waals surface area contributed by atoms with Crippen LogP contribution in [0.2, 0.25) is 0 Å². The molecule has 2 N–H and O–H groups in total. The summed E-state index contributed by atoms with van der Waals surface area (Å²) in [6, 6.07) is 0.623. The summed E-state index contributed by atoms with van der Waals surface area (Å²) < 4.78 is 5.32. The second-order valence-corrected chi connectivity index (χ2v) is 6.80. The van der Waals surface area contributed by atoms with Gasteiger partial charge in [-0.1, -0.05) is 34.1 Å². The second-order valence-electron chi connectivity index (χ2n) is 6.80. The fraction of sp³-hybridized carbons (Fsp3) is 0.938. The molecule has 2 unspecified atom stereocenters. The molecule has 0 aromatic heterocycles. The van der Waals surface area contributed by atoms with E-state index in [1.807, 2.05) is 20.8 Å². The van der Waals surface area contributed by atoms with Gasteiger partial charge in [-0.15, -0.1) is 0 Å². The first-order valence-corrected chi connectivity index (χ1v) is 7.92. The van der Waals surface area contributed by atoms with Crippen LogP contribution in [-0.2, 0) is 4.74 Å². The summed E-state index contributed by atoms with van der Waals surface area (Å²) in [4.78, 5) is 11.9. The molecular formula is C16H34N2O2. The number of alkyl carbamates (subject to hydrolysis) is 1. The second kappa shape index (κ2) is 9.22. The highest BCUT2D eigenvalue weighted by Gasteiger charge is 2.21. The number of ether oxygens (including phenoxy) is 1. The molecule has 0 radical (unpaired) electrons. The van der Waals surface area contributed by atoms with Crippen molar-refractivity contribution in [3.05, 3.63) is 0 Å². The van der Waals surface area contributed by atoms with Crippen LogP contribution >= 0.6 is 0 Å². The monoisotopic (exact) mass is 286 g/mol. The van der Waals surface area contributed by atoms with Crippen LogP contribution < -0.4 is 10.6 Å². The van der Waals surface area contributed by atoms with Crippen molar-refractivity contribution in [2.24, 2.45) is 5.92 Å². The van der Waals surface area contributed by atoms with Gasteiger partial charge in [0, 0.05) is 18.6 Å². The molecule has 0 bridgehead atoms. The third-order valence-corrected chi connectivity index (χ3v) is 3.26. The van der Waals surface area contributed by atoms with Gasteiger partial charge >= 0.3 is 6.09 Å². The van der Waals surface area contributed by atoms with Crippen LogP contribution in [0.4, 0.5) is 4.79 Å². The first kappa shape index (κ1) is 19.2. The van der Waals surface area contributed by atoms with E-state index in [4.69, 9.17) is 4.74 Å². The Hall–Kier alpha value is -0.770. The van der Waals surface area contributed by atoms with Crippen LogP contribution in [0, 0.1) is 5.92 Å². The van der Waals surface area contributed by atoms with Crippen molar-refractivity contribution in [1.29, 1.82) is 0 Å². The zero-order valence-corrected chi connectivity index (χ0v) is 14.4. The Labute approximate surface area is 125 Å². The summed E-state index contributed by atoms with van der Waals surface area (Å²) in [5.74, 6) is 0.370. The molecule has 0 aromatic carbocycles. The van der Waals surface area contributed by atoms with Crippen LogP contribution in [0.15, 0.2) is 0 Å². The molecule has 1 amide bonds. The lowest BCUT2D eigenvalue weighted by molar-refractivity contribution is 0.0489. The Bertz CT molecular complexity index is 272. The zero-order chi connectivity index (χ0) is 15.8. The lowest BCUT2D eigenvalue weighted by Crippen LogP contribution is -2.48. The van der Waals surface area contributed by atoms with Gasteiger partial charge in [0.1, 0.15) is 5.60 Å². The van der Waals surface area contributed by atoms with E-state index in [0.29, 0.717) is 12.0 Å². The molecule has 4 nitrogen and oxygen atoms in total. The number of amides is 1. The van der Waals surface area contributed by atoms with Gasteiger partial charge in [-0.2, -0.15) is 0 Å². The minimum Gasteiger partial charge on any atom is -0.444 e. The summed E-state index contributed by atoms with van der Waals surface area (Å²) in [6.07, 6.45) is 3.14. The lowest BCUT2D eigenvalue weighted by Gasteiger charge is -2.27. The highest BCUT2D eigenvalue weighted by atomic mass is 16.6. The zero-order valence-electron chi connectivity index (χ0n) is 14.4. The van der Waals surface area contributed by atoms with E-state index >= 15 is 0 Å². The van der Waals surface area contributed by atoms with E-state index in [-0.39, 0.29) is 12.1 Å². The fourth-order valence-corrected chi connectivity index (χ4v) is 2.00. The normalized spacial score (nSPS) is 15.0. The lowest BCUT2D eigenvalue weighted by atomic mass is 10.0. The van der Waals surface area contributed by atoms with Crippen LogP contribution in [0.3, 0.4) is 0 Å². The Morgan fingerprint density at radius 1 is 1.20 bits per heavy atom. The maximum absolute atomic E-state index is 11.9. The van der Waals surface area contributed by atoms with E-state index in [1.54, 1.807) is 0 Å². The van der Waals surface area contributed by atoms with Crippen LogP contribution in [0.5, 0.6) is 0 Å². The van der Waals surface area contributed by atoms with Gasteiger partial charge < -0.3 is 15.4 Å². The van der Waals surface area contributed by atoms with Gasteiger partial charge in [0.05, 0.1) is 0 Å². The summed E-state index contributed by atoms with van der Waals surface area (Å²) in [7, 11) is 0. The first-order valence-electron chi connectivity index (χ1n) is 7.92. The molecule has 2 atom stereocenters. The van der Waals surface area contributed by atoms with Crippen LogP contribution in [0.25, 0.3) is 0 Å². The Morgan fingerprint density at radius 2 is 1.80 bits per heavy atom. The molecule has 0 saturated heterocycles. The molecule has 20 heavy (non-hydrogen) atoms. The topological polar surface area (TPSA) is 50.4 Å². The Kier molecular flexibility index (Phi) is 8.86.